The Hall–Kier alpha value is -3.21. The molecule has 0 saturated heterocycles. The van der Waals surface area contributed by atoms with Crippen LogP contribution in [0.3, 0.4) is 0 Å². The maximum atomic E-state index is 11.7. The van der Waals surface area contributed by atoms with Crippen molar-refractivity contribution in [3.8, 4) is 11.3 Å². The molecule has 158 valence electrons. The Kier molecular flexibility index (Phi) is 4.13. The number of hydrogen-bond acceptors (Lipinski definition) is 2. The largest absolute Gasteiger partial charge is 0.478 e. The first-order valence-corrected chi connectivity index (χ1v) is 11.4. The van der Waals surface area contributed by atoms with E-state index in [0.29, 0.717) is 11.5 Å². The average molecular weight is 414 g/mol. The molecule has 6 rings (SSSR count). The molecule has 0 spiro atoms. The van der Waals surface area contributed by atoms with Gasteiger partial charge in [0, 0.05) is 41.1 Å². The highest BCUT2D eigenvalue weighted by Gasteiger charge is 2.29. The predicted octanol–water partition coefficient (Wildman–Crippen LogP) is 5.99. The van der Waals surface area contributed by atoms with Crippen molar-refractivity contribution in [3.63, 3.8) is 0 Å². The van der Waals surface area contributed by atoms with Crippen molar-refractivity contribution < 1.29 is 9.90 Å². The van der Waals surface area contributed by atoms with Crippen LogP contribution in [-0.2, 0) is 13.1 Å². The second-order valence-electron chi connectivity index (χ2n) is 9.12. The molecular formula is C26H27N3O2. The van der Waals surface area contributed by atoms with E-state index in [1.807, 2.05) is 12.1 Å². The highest BCUT2D eigenvalue weighted by molar-refractivity contribution is 6.05. The number of aromatic nitrogens is 2. The number of aryl methyl sites for hydroxylation is 2. The van der Waals surface area contributed by atoms with E-state index in [1.165, 1.54) is 59.8 Å². The number of carboxylic acids is 1. The lowest BCUT2D eigenvalue weighted by Crippen LogP contribution is -2.11. The van der Waals surface area contributed by atoms with E-state index < -0.39 is 5.97 Å². The summed E-state index contributed by atoms with van der Waals surface area (Å²) in [5.74, 6) is -0.357. The quantitative estimate of drug-likeness (QED) is 0.424. The van der Waals surface area contributed by atoms with Crippen molar-refractivity contribution in [1.29, 1.82) is 0 Å². The SMILES string of the molecule is Nc1cn2c3c(cccc13)-c1c(C3CCCCC3)c3ccc(C(=O)O)cc3n1CCC2. The Morgan fingerprint density at radius 2 is 1.84 bits per heavy atom. The van der Waals surface area contributed by atoms with Gasteiger partial charge in [0.15, 0.2) is 0 Å². The van der Waals surface area contributed by atoms with Crippen LogP contribution in [-0.4, -0.2) is 20.2 Å². The van der Waals surface area contributed by atoms with E-state index >= 15 is 0 Å². The summed E-state index contributed by atoms with van der Waals surface area (Å²) in [6.07, 6.45) is 9.29. The lowest BCUT2D eigenvalue weighted by atomic mass is 9.81. The van der Waals surface area contributed by atoms with Crippen LogP contribution in [0, 0.1) is 0 Å². The maximum Gasteiger partial charge on any atom is 0.335 e. The van der Waals surface area contributed by atoms with E-state index in [-0.39, 0.29) is 0 Å². The molecule has 31 heavy (non-hydrogen) atoms. The Morgan fingerprint density at radius 1 is 1.00 bits per heavy atom. The molecule has 5 heteroatoms. The van der Waals surface area contributed by atoms with Crippen molar-refractivity contribution in [2.75, 3.05) is 5.73 Å². The number of carboxylic acid groups (broad SMARTS) is 1. The normalized spacial score (nSPS) is 16.9. The number of hydrogen-bond donors (Lipinski definition) is 2. The molecule has 1 fully saturated rings. The van der Waals surface area contributed by atoms with Crippen molar-refractivity contribution >= 4 is 33.5 Å². The summed E-state index contributed by atoms with van der Waals surface area (Å²) in [7, 11) is 0. The summed E-state index contributed by atoms with van der Waals surface area (Å²) in [6.45, 7) is 1.77. The number of nitrogens with two attached hydrogens (primary N) is 1. The minimum Gasteiger partial charge on any atom is -0.478 e. The van der Waals surface area contributed by atoms with Crippen LogP contribution in [0.4, 0.5) is 5.69 Å². The van der Waals surface area contributed by atoms with Crippen LogP contribution in [0.5, 0.6) is 0 Å². The molecule has 1 aliphatic carbocycles. The van der Waals surface area contributed by atoms with Crippen molar-refractivity contribution in [1.82, 2.24) is 9.13 Å². The van der Waals surface area contributed by atoms with Gasteiger partial charge in [-0.2, -0.15) is 0 Å². The Bertz CT molecular complexity index is 1340. The molecule has 0 amide bonds. The Balaban J connectivity index is 1.74. The van der Waals surface area contributed by atoms with Gasteiger partial charge in [-0.1, -0.05) is 43.5 Å². The monoisotopic (exact) mass is 413 g/mol. The van der Waals surface area contributed by atoms with Crippen LogP contribution in [0.15, 0.2) is 42.6 Å². The standard InChI is InChI=1S/C26H27N3O2/c27-21-15-28-12-5-13-29-22-14-17(26(30)31)10-11-19(22)23(16-6-2-1-3-7-16)25(29)20-9-4-8-18(21)24(20)28/h4,8-11,14-16H,1-3,5-7,12-13,27H2,(H,30,31). The molecule has 4 aromatic rings. The molecule has 2 aromatic carbocycles. The molecule has 2 aliphatic rings. The number of nitrogens with zero attached hydrogens (tertiary/aromatic N) is 2. The fraction of sp³-hybridized carbons (Fsp3) is 0.346. The molecule has 1 aliphatic heterocycles. The molecule has 2 aromatic heterocycles. The highest BCUT2D eigenvalue weighted by atomic mass is 16.4. The Morgan fingerprint density at radius 3 is 2.65 bits per heavy atom. The number of benzene rings is 2. The van der Waals surface area contributed by atoms with Gasteiger partial charge >= 0.3 is 5.97 Å². The molecule has 5 nitrogen and oxygen atoms in total. The molecule has 0 atom stereocenters. The summed E-state index contributed by atoms with van der Waals surface area (Å²) in [5.41, 5.74) is 13.7. The van der Waals surface area contributed by atoms with Gasteiger partial charge in [0.2, 0.25) is 0 Å². The van der Waals surface area contributed by atoms with Gasteiger partial charge in [0.05, 0.1) is 22.5 Å². The van der Waals surface area contributed by atoms with E-state index in [1.54, 1.807) is 6.07 Å². The van der Waals surface area contributed by atoms with Crippen molar-refractivity contribution in [2.45, 2.75) is 57.5 Å². The fourth-order valence-corrected chi connectivity index (χ4v) is 5.99. The smallest absolute Gasteiger partial charge is 0.335 e. The summed E-state index contributed by atoms with van der Waals surface area (Å²) >= 11 is 0. The third-order valence-corrected chi connectivity index (χ3v) is 7.33. The fourth-order valence-electron chi connectivity index (χ4n) is 5.99. The molecular weight excluding hydrogens is 386 g/mol. The highest BCUT2D eigenvalue weighted by Crippen LogP contribution is 2.47. The lowest BCUT2D eigenvalue weighted by molar-refractivity contribution is 0.0697. The van der Waals surface area contributed by atoms with Crippen LogP contribution < -0.4 is 5.73 Å². The van der Waals surface area contributed by atoms with Gasteiger partial charge in [-0.05, 0) is 42.9 Å². The third kappa shape index (κ3) is 2.72. The average Bonchev–Trinajstić information content (AvgIpc) is 3.27. The van der Waals surface area contributed by atoms with Gasteiger partial charge in [-0.25, -0.2) is 4.79 Å². The zero-order valence-corrected chi connectivity index (χ0v) is 17.6. The van der Waals surface area contributed by atoms with Crippen molar-refractivity contribution in [2.24, 2.45) is 0 Å². The summed E-state index contributed by atoms with van der Waals surface area (Å²) in [5, 5.41) is 12.0. The summed E-state index contributed by atoms with van der Waals surface area (Å²) < 4.78 is 4.71. The molecule has 1 saturated carbocycles. The number of rotatable bonds is 2. The third-order valence-electron chi connectivity index (χ3n) is 7.33. The molecule has 3 N–H and O–H groups in total. The van der Waals surface area contributed by atoms with E-state index in [0.717, 1.165) is 36.1 Å². The zero-order chi connectivity index (χ0) is 21.1. The maximum absolute atomic E-state index is 11.7. The second-order valence-corrected chi connectivity index (χ2v) is 9.12. The van der Waals surface area contributed by atoms with Crippen LogP contribution >= 0.6 is 0 Å². The van der Waals surface area contributed by atoms with E-state index in [2.05, 4.69) is 33.5 Å². The number of carbonyl (C=O) groups is 1. The molecule has 0 bridgehead atoms. The summed E-state index contributed by atoms with van der Waals surface area (Å²) in [6, 6.07) is 12.1. The lowest BCUT2D eigenvalue weighted by Gasteiger charge is -2.25. The van der Waals surface area contributed by atoms with Crippen molar-refractivity contribution in [3.05, 3.63) is 53.7 Å². The zero-order valence-electron chi connectivity index (χ0n) is 17.6. The number of anilines is 1. The molecule has 3 heterocycles. The van der Waals surface area contributed by atoms with Gasteiger partial charge in [-0.3, -0.25) is 0 Å². The Labute approximate surface area is 181 Å². The van der Waals surface area contributed by atoms with Gasteiger partial charge < -0.3 is 20.0 Å². The van der Waals surface area contributed by atoms with E-state index in [4.69, 9.17) is 5.73 Å². The first kappa shape index (κ1) is 18.6. The molecule has 0 unspecified atom stereocenters. The van der Waals surface area contributed by atoms with Gasteiger partial charge in [0.1, 0.15) is 0 Å². The van der Waals surface area contributed by atoms with E-state index in [9.17, 15) is 9.90 Å². The topological polar surface area (TPSA) is 73.2 Å². The number of nitrogen functional groups attached to an aromatic ring is 1. The predicted molar refractivity (Wildman–Crippen MR) is 125 cm³/mol. The van der Waals surface area contributed by atoms with Crippen LogP contribution in [0.1, 0.15) is 60.4 Å². The first-order chi connectivity index (χ1) is 15.1. The number of para-hydroxylation sites is 1. The minimum atomic E-state index is -0.869. The first-order valence-electron chi connectivity index (χ1n) is 11.4. The number of fused-ring (bicyclic) bond motifs is 4. The van der Waals surface area contributed by atoms with Crippen LogP contribution in [0.25, 0.3) is 33.1 Å². The van der Waals surface area contributed by atoms with Gasteiger partial charge in [-0.15, -0.1) is 0 Å². The molecule has 0 radical (unpaired) electrons. The van der Waals surface area contributed by atoms with Gasteiger partial charge in [0.25, 0.3) is 0 Å². The van der Waals surface area contributed by atoms with Crippen LogP contribution in [0.2, 0.25) is 0 Å². The second kappa shape index (κ2) is 6.91. The number of aromatic carboxylic acids is 1. The summed E-state index contributed by atoms with van der Waals surface area (Å²) in [4.78, 5) is 11.7. The minimum absolute atomic E-state index is 0.357.